The fourth-order valence-electron chi connectivity index (χ4n) is 2.47. The summed E-state index contributed by atoms with van der Waals surface area (Å²) in [5.41, 5.74) is 0.828. The van der Waals surface area contributed by atoms with Crippen LogP contribution in [0.2, 0.25) is 0 Å². The predicted molar refractivity (Wildman–Crippen MR) is 104 cm³/mol. The van der Waals surface area contributed by atoms with E-state index in [9.17, 15) is 15.0 Å². The van der Waals surface area contributed by atoms with Gasteiger partial charge in [-0.3, -0.25) is 0 Å². The molecule has 138 valence electrons. The molecule has 0 atom stereocenters. The standard InChI is InChI=1S/C22H20O5/c1-5-14(3)19-17(20(23)16(6-2)22(25)26-4)12-13-18(21(19)24)27-15-10-8-7-9-11-15/h2,5,7-13,23-24H,1,3-4H3/b14-5-,20-16-. The number of hydrogen-bond donors (Lipinski definition) is 2. The molecule has 0 saturated heterocycles. The monoisotopic (exact) mass is 364 g/mol. The van der Waals surface area contributed by atoms with E-state index in [1.807, 2.05) is 18.2 Å². The van der Waals surface area contributed by atoms with E-state index in [0.29, 0.717) is 16.9 Å². The van der Waals surface area contributed by atoms with Crippen LogP contribution in [0.15, 0.2) is 54.1 Å². The van der Waals surface area contributed by atoms with Crippen molar-refractivity contribution in [3.05, 3.63) is 65.2 Å². The van der Waals surface area contributed by atoms with E-state index >= 15 is 0 Å². The predicted octanol–water partition coefficient (Wildman–Crippen LogP) is 4.68. The number of ether oxygens (including phenoxy) is 2. The lowest BCUT2D eigenvalue weighted by molar-refractivity contribution is -0.135. The van der Waals surface area contributed by atoms with Gasteiger partial charge in [0.15, 0.2) is 17.1 Å². The summed E-state index contributed by atoms with van der Waals surface area (Å²) in [6, 6.07) is 12.0. The summed E-state index contributed by atoms with van der Waals surface area (Å²) in [5.74, 6) is 1.40. The molecule has 2 aromatic carbocycles. The highest BCUT2D eigenvalue weighted by Gasteiger charge is 2.22. The van der Waals surface area contributed by atoms with Crippen LogP contribution in [-0.2, 0) is 9.53 Å². The first-order chi connectivity index (χ1) is 12.9. The molecular weight excluding hydrogens is 344 g/mol. The largest absolute Gasteiger partial charge is 0.506 e. The van der Waals surface area contributed by atoms with Crippen LogP contribution in [0.4, 0.5) is 0 Å². The molecule has 27 heavy (non-hydrogen) atoms. The highest BCUT2D eigenvalue weighted by Crippen LogP contribution is 2.41. The lowest BCUT2D eigenvalue weighted by atomic mass is 9.95. The molecular formula is C22H20O5. The molecule has 0 spiro atoms. The maximum atomic E-state index is 11.8. The number of carbonyl (C=O) groups excluding carboxylic acids is 1. The molecule has 2 rings (SSSR count). The number of phenolic OH excluding ortho intramolecular Hbond substituents is 1. The summed E-state index contributed by atoms with van der Waals surface area (Å²) in [4.78, 5) is 11.8. The van der Waals surface area contributed by atoms with Gasteiger partial charge >= 0.3 is 5.97 Å². The lowest BCUT2D eigenvalue weighted by Gasteiger charge is -2.16. The van der Waals surface area contributed by atoms with Crippen molar-refractivity contribution in [3.8, 4) is 29.6 Å². The Morgan fingerprint density at radius 1 is 1.19 bits per heavy atom. The van der Waals surface area contributed by atoms with Crippen LogP contribution in [-0.4, -0.2) is 23.3 Å². The second kappa shape index (κ2) is 8.63. The Morgan fingerprint density at radius 2 is 1.85 bits per heavy atom. The maximum Gasteiger partial charge on any atom is 0.350 e. The number of aliphatic hydroxyl groups is 1. The van der Waals surface area contributed by atoms with Crippen molar-refractivity contribution in [1.82, 2.24) is 0 Å². The van der Waals surface area contributed by atoms with Gasteiger partial charge < -0.3 is 19.7 Å². The number of benzene rings is 2. The molecule has 5 heteroatoms. The van der Waals surface area contributed by atoms with Crippen molar-refractivity contribution in [1.29, 1.82) is 0 Å². The molecule has 0 saturated carbocycles. The second-order valence-electron chi connectivity index (χ2n) is 5.58. The Labute approximate surface area is 158 Å². The number of aromatic hydroxyl groups is 1. The Kier molecular flexibility index (Phi) is 6.29. The lowest BCUT2D eigenvalue weighted by Crippen LogP contribution is -2.07. The van der Waals surface area contributed by atoms with Crippen LogP contribution in [0.25, 0.3) is 11.3 Å². The van der Waals surface area contributed by atoms with Gasteiger partial charge in [-0.15, -0.1) is 6.42 Å². The van der Waals surface area contributed by atoms with E-state index < -0.39 is 11.7 Å². The van der Waals surface area contributed by atoms with Gasteiger partial charge in [0.2, 0.25) is 0 Å². The van der Waals surface area contributed by atoms with Gasteiger partial charge in [-0.25, -0.2) is 4.79 Å². The molecule has 5 nitrogen and oxygen atoms in total. The molecule has 0 aliphatic carbocycles. The molecule has 0 fully saturated rings. The van der Waals surface area contributed by atoms with Crippen LogP contribution < -0.4 is 4.74 Å². The van der Waals surface area contributed by atoms with Gasteiger partial charge in [0.25, 0.3) is 0 Å². The Balaban J connectivity index is 2.67. The first-order valence-corrected chi connectivity index (χ1v) is 8.15. The molecule has 0 radical (unpaired) electrons. The minimum absolute atomic E-state index is 0.181. The van der Waals surface area contributed by atoms with Crippen LogP contribution in [0, 0.1) is 12.3 Å². The van der Waals surface area contributed by atoms with Gasteiger partial charge in [-0.05, 0) is 43.7 Å². The first kappa shape index (κ1) is 19.7. The summed E-state index contributed by atoms with van der Waals surface area (Å²) in [6.07, 6.45) is 7.10. The van der Waals surface area contributed by atoms with E-state index in [0.717, 1.165) is 0 Å². The Bertz CT molecular complexity index is 947. The quantitative estimate of drug-likeness (QED) is 0.349. The fourth-order valence-corrected chi connectivity index (χ4v) is 2.47. The van der Waals surface area contributed by atoms with Crippen molar-refractivity contribution >= 4 is 17.3 Å². The van der Waals surface area contributed by atoms with Crippen LogP contribution in [0.1, 0.15) is 25.0 Å². The first-order valence-electron chi connectivity index (χ1n) is 8.15. The number of para-hydroxylation sites is 1. The highest BCUT2D eigenvalue weighted by molar-refractivity contribution is 6.01. The smallest absolute Gasteiger partial charge is 0.350 e. The maximum absolute atomic E-state index is 11.8. The van der Waals surface area contributed by atoms with Gasteiger partial charge in [-0.1, -0.05) is 30.2 Å². The third-order valence-corrected chi connectivity index (χ3v) is 3.97. The highest BCUT2D eigenvalue weighted by atomic mass is 16.5. The number of hydrogen-bond acceptors (Lipinski definition) is 5. The van der Waals surface area contributed by atoms with Crippen LogP contribution in [0.3, 0.4) is 0 Å². The zero-order valence-electron chi connectivity index (χ0n) is 15.3. The number of rotatable bonds is 5. The second-order valence-corrected chi connectivity index (χ2v) is 5.58. The number of aliphatic hydroxyl groups excluding tert-OH is 1. The van der Waals surface area contributed by atoms with Crippen molar-refractivity contribution in [3.63, 3.8) is 0 Å². The zero-order valence-corrected chi connectivity index (χ0v) is 15.3. The minimum Gasteiger partial charge on any atom is -0.506 e. The topological polar surface area (TPSA) is 76.0 Å². The molecule has 0 bridgehead atoms. The number of esters is 1. The summed E-state index contributed by atoms with van der Waals surface area (Å²) in [6.45, 7) is 3.54. The average molecular weight is 364 g/mol. The molecule has 2 aromatic rings. The van der Waals surface area contributed by atoms with Crippen LogP contribution >= 0.6 is 0 Å². The van der Waals surface area contributed by atoms with E-state index in [4.69, 9.17) is 11.2 Å². The number of methoxy groups -OCH3 is 1. The Hall–Kier alpha value is -3.65. The zero-order chi connectivity index (χ0) is 20.0. The van der Waals surface area contributed by atoms with Gasteiger partial charge in [0.05, 0.1) is 7.11 Å². The summed E-state index contributed by atoms with van der Waals surface area (Å²) < 4.78 is 10.3. The molecule has 0 aromatic heterocycles. The average Bonchev–Trinajstić information content (AvgIpc) is 2.69. The van der Waals surface area contributed by atoms with Crippen molar-refractivity contribution in [2.75, 3.05) is 7.11 Å². The third kappa shape index (κ3) is 4.13. The van der Waals surface area contributed by atoms with E-state index in [-0.39, 0.29) is 22.6 Å². The SMILES string of the molecule is C#C/C(C(=O)OC)=C(/O)c1ccc(Oc2ccccc2)c(O)c1/C(C)=C\C. The van der Waals surface area contributed by atoms with Gasteiger partial charge in [-0.2, -0.15) is 0 Å². The normalized spacial score (nSPS) is 12.0. The van der Waals surface area contributed by atoms with Gasteiger partial charge in [0.1, 0.15) is 11.5 Å². The van der Waals surface area contributed by atoms with E-state index in [2.05, 4.69) is 10.7 Å². The van der Waals surface area contributed by atoms with E-state index in [1.165, 1.54) is 19.2 Å². The number of carbonyl (C=O) groups is 1. The molecule has 0 aliphatic heterocycles. The number of allylic oxidation sites excluding steroid dienone is 2. The minimum atomic E-state index is -0.844. The third-order valence-electron chi connectivity index (χ3n) is 3.97. The summed E-state index contributed by atoms with van der Waals surface area (Å²) in [5, 5.41) is 21.3. The van der Waals surface area contributed by atoms with Crippen molar-refractivity contribution in [2.24, 2.45) is 0 Å². The number of phenols is 1. The fraction of sp³-hybridized carbons (Fsp3) is 0.136. The molecule has 0 unspecified atom stereocenters. The van der Waals surface area contributed by atoms with Crippen LogP contribution in [0.5, 0.6) is 17.2 Å². The molecule has 0 aliphatic rings. The molecule has 2 N–H and O–H groups in total. The van der Waals surface area contributed by atoms with Gasteiger partial charge in [0, 0.05) is 11.1 Å². The molecule has 0 amide bonds. The molecule has 0 heterocycles. The number of terminal acetylenes is 1. The van der Waals surface area contributed by atoms with E-state index in [1.54, 1.807) is 32.1 Å². The Morgan fingerprint density at radius 3 is 2.41 bits per heavy atom. The van der Waals surface area contributed by atoms with Crippen molar-refractivity contribution in [2.45, 2.75) is 13.8 Å². The summed E-state index contributed by atoms with van der Waals surface area (Å²) in [7, 11) is 1.17. The van der Waals surface area contributed by atoms with Crippen molar-refractivity contribution < 1.29 is 24.5 Å². The summed E-state index contributed by atoms with van der Waals surface area (Å²) >= 11 is 0.